The van der Waals surface area contributed by atoms with Crippen LogP contribution in [0.5, 0.6) is 0 Å². The molecular weight excluding hydrogens is 342 g/mol. The lowest BCUT2D eigenvalue weighted by Gasteiger charge is -2.09. The van der Waals surface area contributed by atoms with Crippen LogP contribution >= 0.6 is 0 Å². The van der Waals surface area contributed by atoms with Crippen LogP contribution in [-0.4, -0.2) is 46.1 Å². The van der Waals surface area contributed by atoms with E-state index in [0.29, 0.717) is 18.5 Å². The Bertz CT molecular complexity index is 795. The number of benzene rings is 1. The highest BCUT2D eigenvalue weighted by Crippen LogP contribution is 2.11. The molecular formula is C17H21N3O4S. The Kier molecular flexibility index (Phi) is 7.05. The molecule has 1 amide bonds. The number of hydrogen-bond donors (Lipinski definition) is 2. The number of hydrogen-bond acceptors (Lipinski definition) is 5. The smallest absolute Gasteiger partial charge is 0.251 e. The summed E-state index contributed by atoms with van der Waals surface area (Å²) in [6, 6.07) is 9.69. The number of carbonyl (C=O) groups is 1. The summed E-state index contributed by atoms with van der Waals surface area (Å²) in [4.78, 5) is 16.3. The molecule has 0 aliphatic heterocycles. The van der Waals surface area contributed by atoms with Gasteiger partial charge in [-0.3, -0.25) is 9.78 Å². The molecule has 25 heavy (non-hydrogen) atoms. The zero-order valence-electron chi connectivity index (χ0n) is 13.9. The molecule has 0 saturated heterocycles. The van der Waals surface area contributed by atoms with E-state index in [1.165, 1.54) is 19.2 Å². The number of pyridine rings is 1. The molecule has 0 radical (unpaired) electrons. The molecule has 1 aromatic carbocycles. The van der Waals surface area contributed by atoms with Crippen molar-refractivity contribution in [3.8, 4) is 0 Å². The maximum atomic E-state index is 12.2. The fourth-order valence-corrected chi connectivity index (χ4v) is 3.19. The van der Waals surface area contributed by atoms with Crippen LogP contribution in [0.2, 0.25) is 0 Å². The Morgan fingerprint density at radius 2 is 2.04 bits per heavy atom. The monoisotopic (exact) mass is 363 g/mol. The zero-order valence-corrected chi connectivity index (χ0v) is 14.8. The Morgan fingerprint density at radius 3 is 2.76 bits per heavy atom. The fraction of sp³-hybridized carbons (Fsp3) is 0.294. The summed E-state index contributed by atoms with van der Waals surface area (Å²) in [7, 11) is -2.18. The molecule has 0 unspecified atom stereocenters. The molecule has 0 aliphatic carbocycles. The minimum Gasteiger partial charge on any atom is -0.383 e. The van der Waals surface area contributed by atoms with Gasteiger partial charge in [-0.1, -0.05) is 12.1 Å². The van der Waals surface area contributed by atoms with Gasteiger partial charge in [-0.2, -0.15) is 0 Å². The fourth-order valence-electron chi connectivity index (χ4n) is 2.13. The quantitative estimate of drug-likeness (QED) is 0.647. The Labute approximate surface area is 147 Å². The van der Waals surface area contributed by atoms with Crippen LogP contribution in [0.4, 0.5) is 0 Å². The molecule has 0 fully saturated rings. The third-order valence-corrected chi connectivity index (χ3v) is 4.89. The number of sulfonamides is 1. The molecule has 0 bridgehead atoms. The highest BCUT2D eigenvalue weighted by molar-refractivity contribution is 7.89. The maximum absolute atomic E-state index is 12.2. The van der Waals surface area contributed by atoms with E-state index < -0.39 is 10.0 Å². The van der Waals surface area contributed by atoms with Crippen molar-refractivity contribution in [1.29, 1.82) is 0 Å². The predicted molar refractivity (Wildman–Crippen MR) is 93.8 cm³/mol. The second-order valence-corrected chi connectivity index (χ2v) is 7.05. The van der Waals surface area contributed by atoms with Gasteiger partial charge in [0.25, 0.3) is 5.91 Å². The highest BCUT2D eigenvalue weighted by atomic mass is 32.2. The van der Waals surface area contributed by atoms with Gasteiger partial charge in [0.1, 0.15) is 0 Å². The SMILES string of the molecule is COCCNS(=O)(=O)c1cccc(C(=O)NCCc2cccnc2)c1. The number of nitrogens with zero attached hydrogens (tertiary/aromatic N) is 1. The van der Waals surface area contributed by atoms with Gasteiger partial charge in [-0.15, -0.1) is 0 Å². The van der Waals surface area contributed by atoms with E-state index in [1.54, 1.807) is 24.5 Å². The maximum Gasteiger partial charge on any atom is 0.251 e. The first-order valence-electron chi connectivity index (χ1n) is 7.79. The minimum atomic E-state index is -3.67. The van der Waals surface area contributed by atoms with Crippen molar-refractivity contribution in [2.24, 2.45) is 0 Å². The normalized spacial score (nSPS) is 11.2. The summed E-state index contributed by atoms with van der Waals surface area (Å²) in [5.74, 6) is -0.321. The van der Waals surface area contributed by atoms with Gasteiger partial charge in [-0.05, 0) is 36.2 Å². The Hall–Kier alpha value is -2.29. The van der Waals surface area contributed by atoms with Crippen molar-refractivity contribution >= 4 is 15.9 Å². The highest BCUT2D eigenvalue weighted by Gasteiger charge is 2.15. The predicted octanol–water partition coefficient (Wildman–Crippen LogP) is 0.979. The van der Waals surface area contributed by atoms with Crippen LogP contribution in [0.25, 0.3) is 0 Å². The second-order valence-electron chi connectivity index (χ2n) is 5.29. The molecule has 2 aromatic rings. The van der Waals surface area contributed by atoms with E-state index in [2.05, 4.69) is 15.0 Å². The molecule has 2 N–H and O–H groups in total. The van der Waals surface area contributed by atoms with Gasteiger partial charge in [0.2, 0.25) is 10.0 Å². The van der Waals surface area contributed by atoms with Crippen LogP contribution in [0.1, 0.15) is 15.9 Å². The molecule has 134 valence electrons. The van der Waals surface area contributed by atoms with Crippen molar-refractivity contribution in [2.45, 2.75) is 11.3 Å². The summed E-state index contributed by atoms with van der Waals surface area (Å²) in [5.41, 5.74) is 1.31. The van der Waals surface area contributed by atoms with E-state index in [-0.39, 0.29) is 24.0 Å². The number of nitrogens with one attached hydrogen (secondary N) is 2. The first-order chi connectivity index (χ1) is 12.0. The van der Waals surface area contributed by atoms with E-state index in [9.17, 15) is 13.2 Å². The van der Waals surface area contributed by atoms with Gasteiger partial charge in [0, 0.05) is 38.2 Å². The lowest BCUT2D eigenvalue weighted by atomic mass is 10.2. The number of aromatic nitrogens is 1. The van der Waals surface area contributed by atoms with Crippen molar-refractivity contribution in [2.75, 3.05) is 26.8 Å². The van der Waals surface area contributed by atoms with Gasteiger partial charge in [0.15, 0.2) is 0 Å². The van der Waals surface area contributed by atoms with E-state index in [1.807, 2.05) is 12.1 Å². The first-order valence-corrected chi connectivity index (χ1v) is 9.27. The van der Waals surface area contributed by atoms with Crippen molar-refractivity contribution < 1.29 is 17.9 Å². The Morgan fingerprint density at radius 1 is 1.20 bits per heavy atom. The summed E-state index contributed by atoms with van der Waals surface area (Å²) < 4.78 is 31.6. The number of ether oxygens (including phenoxy) is 1. The topological polar surface area (TPSA) is 97.4 Å². The van der Waals surface area contributed by atoms with Gasteiger partial charge >= 0.3 is 0 Å². The van der Waals surface area contributed by atoms with Gasteiger partial charge < -0.3 is 10.1 Å². The van der Waals surface area contributed by atoms with Crippen LogP contribution in [0.15, 0.2) is 53.7 Å². The van der Waals surface area contributed by atoms with Crippen molar-refractivity contribution in [3.63, 3.8) is 0 Å². The summed E-state index contributed by atoms with van der Waals surface area (Å²) in [6.45, 7) is 0.877. The summed E-state index contributed by atoms with van der Waals surface area (Å²) >= 11 is 0. The van der Waals surface area contributed by atoms with Crippen LogP contribution in [0, 0.1) is 0 Å². The van der Waals surface area contributed by atoms with Gasteiger partial charge in [0.05, 0.1) is 11.5 Å². The lowest BCUT2D eigenvalue weighted by Crippen LogP contribution is -2.28. The van der Waals surface area contributed by atoms with Crippen LogP contribution in [0.3, 0.4) is 0 Å². The summed E-state index contributed by atoms with van der Waals surface area (Å²) in [5, 5.41) is 2.78. The van der Waals surface area contributed by atoms with Crippen LogP contribution in [-0.2, 0) is 21.2 Å². The zero-order chi connectivity index (χ0) is 18.1. The van der Waals surface area contributed by atoms with E-state index in [0.717, 1.165) is 5.56 Å². The molecule has 1 heterocycles. The largest absolute Gasteiger partial charge is 0.383 e. The molecule has 0 atom stereocenters. The van der Waals surface area contributed by atoms with E-state index in [4.69, 9.17) is 4.74 Å². The molecule has 7 nitrogen and oxygen atoms in total. The van der Waals surface area contributed by atoms with Crippen molar-refractivity contribution in [3.05, 3.63) is 59.9 Å². The molecule has 0 spiro atoms. The molecule has 1 aromatic heterocycles. The first kappa shape index (κ1) is 19.0. The second kappa shape index (κ2) is 9.26. The summed E-state index contributed by atoms with van der Waals surface area (Å²) in [6.07, 6.45) is 4.08. The average molecular weight is 363 g/mol. The average Bonchev–Trinajstić information content (AvgIpc) is 2.63. The molecule has 2 rings (SSSR count). The lowest BCUT2D eigenvalue weighted by molar-refractivity contribution is 0.0954. The molecule has 0 aliphatic rings. The minimum absolute atomic E-state index is 0.0449. The van der Waals surface area contributed by atoms with Gasteiger partial charge in [-0.25, -0.2) is 13.1 Å². The Balaban J connectivity index is 1.96. The molecule has 8 heteroatoms. The number of methoxy groups -OCH3 is 1. The third-order valence-electron chi connectivity index (χ3n) is 3.43. The molecule has 0 saturated carbocycles. The van der Waals surface area contributed by atoms with E-state index >= 15 is 0 Å². The van der Waals surface area contributed by atoms with Crippen LogP contribution < -0.4 is 10.0 Å². The number of carbonyl (C=O) groups excluding carboxylic acids is 1. The standard InChI is InChI=1S/C17H21N3O4S/c1-24-11-10-20-25(22,23)16-6-2-5-15(12-16)17(21)19-9-7-14-4-3-8-18-13-14/h2-6,8,12-13,20H,7,9-11H2,1H3,(H,19,21). The number of amides is 1. The third kappa shape index (κ3) is 5.93. The number of rotatable bonds is 9. The van der Waals surface area contributed by atoms with Crippen molar-refractivity contribution in [1.82, 2.24) is 15.0 Å².